The van der Waals surface area contributed by atoms with Crippen LogP contribution in [0.3, 0.4) is 0 Å². The highest BCUT2D eigenvalue weighted by molar-refractivity contribution is 7.98. The Labute approximate surface area is 154 Å². The summed E-state index contributed by atoms with van der Waals surface area (Å²) in [6.45, 7) is 1.45. The maximum atomic E-state index is 12.6. The zero-order valence-electron chi connectivity index (χ0n) is 14.0. The first kappa shape index (κ1) is 17.7. The molecule has 3 aromatic rings. The molecule has 0 saturated heterocycles. The first-order valence-corrected chi connectivity index (χ1v) is 8.85. The van der Waals surface area contributed by atoms with Gasteiger partial charge in [0.25, 0.3) is 5.91 Å². The van der Waals surface area contributed by atoms with E-state index < -0.39 is 0 Å². The molecular formula is C18H17N5O2S. The van der Waals surface area contributed by atoms with E-state index in [0.29, 0.717) is 27.8 Å². The largest absolute Gasteiger partial charge is 0.326 e. The molecule has 0 spiro atoms. The van der Waals surface area contributed by atoms with E-state index >= 15 is 0 Å². The van der Waals surface area contributed by atoms with Gasteiger partial charge in [0.15, 0.2) is 5.16 Å². The summed E-state index contributed by atoms with van der Waals surface area (Å²) in [5.41, 5.74) is 2.84. The summed E-state index contributed by atoms with van der Waals surface area (Å²) in [6, 6.07) is 14.4. The number of hydrogen-bond acceptors (Lipinski definition) is 5. The standard InChI is InChI=1S/C18H17N5O2S/c1-12(24)21-14-6-8-15(9-7-14)22-17(25)16-5-3-2-4-13(16)10-26-18-19-11-20-23-18/h2-9,11H,10H2,1H3,(H,21,24)(H,22,25)(H,19,20,23). The SMILES string of the molecule is CC(=O)Nc1ccc(NC(=O)c2ccccc2CSc2ncn[nH]2)cc1. The molecule has 0 fully saturated rings. The Bertz CT molecular complexity index is 894. The van der Waals surface area contributed by atoms with Gasteiger partial charge in [-0.25, -0.2) is 4.98 Å². The second-order valence-electron chi connectivity index (χ2n) is 5.45. The molecule has 3 rings (SSSR count). The Balaban J connectivity index is 1.68. The van der Waals surface area contributed by atoms with Crippen molar-refractivity contribution in [2.75, 3.05) is 10.6 Å². The molecule has 26 heavy (non-hydrogen) atoms. The van der Waals surface area contributed by atoms with Gasteiger partial charge in [-0.05, 0) is 35.9 Å². The third-order valence-electron chi connectivity index (χ3n) is 3.48. The van der Waals surface area contributed by atoms with Crippen molar-refractivity contribution in [1.82, 2.24) is 15.2 Å². The predicted molar refractivity (Wildman–Crippen MR) is 101 cm³/mol. The van der Waals surface area contributed by atoms with Gasteiger partial charge in [0.2, 0.25) is 5.91 Å². The van der Waals surface area contributed by atoms with Crippen LogP contribution >= 0.6 is 11.8 Å². The minimum Gasteiger partial charge on any atom is -0.326 e. The zero-order chi connectivity index (χ0) is 18.4. The average Bonchev–Trinajstić information content (AvgIpc) is 3.15. The number of carbonyl (C=O) groups is 2. The summed E-state index contributed by atoms with van der Waals surface area (Å²) >= 11 is 1.48. The van der Waals surface area contributed by atoms with Crippen LogP contribution in [-0.4, -0.2) is 27.0 Å². The molecule has 0 aliphatic carbocycles. The van der Waals surface area contributed by atoms with Gasteiger partial charge in [-0.1, -0.05) is 30.0 Å². The lowest BCUT2D eigenvalue weighted by Crippen LogP contribution is -2.14. The normalized spacial score (nSPS) is 10.3. The van der Waals surface area contributed by atoms with Crippen molar-refractivity contribution in [1.29, 1.82) is 0 Å². The molecular weight excluding hydrogens is 350 g/mol. The van der Waals surface area contributed by atoms with Crippen molar-refractivity contribution in [3.8, 4) is 0 Å². The Morgan fingerprint density at radius 2 is 1.73 bits per heavy atom. The summed E-state index contributed by atoms with van der Waals surface area (Å²) in [6.07, 6.45) is 1.45. The van der Waals surface area contributed by atoms with E-state index in [-0.39, 0.29) is 11.8 Å². The van der Waals surface area contributed by atoms with E-state index in [1.807, 2.05) is 18.2 Å². The molecule has 0 saturated carbocycles. The monoisotopic (exact) mass is 367 g/mol. The van der Waals surface area contributed by atoms with Crippen LogP contribution in [0.25, 0.3) is 0 Å². The number of amides is 2. The van der Waals surface area contributed by atoms with Gasteiger partial charge in [-0.2, -0.15) is 5.10 Å². The Hall–Kier alpha value is -3.13. The van der Waals surface area contributed by atoms with Crippen LogP contribution in [0.5, 0.6) is 0 Å². The van der Waals surface area contributed by atoms with Crippen LogP contribution in [0, 0.1) is 0 Å². The zero-order valence-corrected chi connectivity index (χ0v) is 14.8. The topological polar surface area (TPSA) is 99.8 Å². The van der Waals surface area contributed by atoms with Crippen LogP contribution < -0.4 is 10.6 Å². The molecule has 2 aromatic carbocycles. The van der Waals surface area contributed by atoms with Crippen molar-refractivity contribution in [3.63, 3.8) is 0 Å². The fourth-order valence-corrected chi connectivity index (χ4v) is 3.10. The molecule has 0 aliphatic heterocycles. The highest BCUT2D eigenvalue weighted by atomic mass is 32.2. The van der Waals surface area contributed by atoms with Gasteiger partial charge < -0.3 is 10.6 Å². The summed E-state index contributed by atoms with van der Waals surface area (Å²) in [7, 11) is 0. The number of carbonyl (C=O) groups excluding carboxylic acids is 2. The number of aromatic amines is 1. The van der Waals surface area contributed by atoms with Crippen LogP contribution in [0.1, 0.15) is 22.8 Å². The Morgan fingerprint density at radius 3 is 2.38 bits per heavy atom. The van der Waals surface area contributed by atoms with Crippen molar-refractivity contribution in [2.24, 2.45) is 0 Å². The minimum absolute atomic E-state index is 0.139. The van der Waals surface area contributed by atoms with Crippen molar-refractivity contribution >= 4 is 35.0 Å². The molecule has 0 unspecified atom stereocenters. The van der Waals surface area contributed by atoms with E-state index in [9.17, 15) is 9.59 Å². The lowest BCUT2D eigenvalue weighted by atomic mass is 10.1. The highest BCUT2D eigenvalue weighted by Crippen LogP contribution is 2.22. The summed E-state index contributed by atoms with van der Waals surface area (Å²) in [5, 5.41) is 12.9. The number of thioether (sulfide) groups is 1. The maximum absolute atomic E-state index is 12.6. The first-order chi connectivity index (χ1) is 12.6. The van der Waals surface area contributed by atoms with Gasteiger partial charge >= 0.3 is 0 Å². The second-order valence-corrected chi connectivity index (χ2v) is 6.41. The summed E-state index contributed by atoms with van der Waals surface area (Å²) in [5.74, 6) is 0.270. The predicted octanol–water partition coefficient (Wildman–Crippen LogP) is 3.31. The van der Waals surface area contributed by atoms with Crippen LogP contribution in [0.2, 0.25) is 0 Å². The van der Waals surface area contributed by atoms with Crippen molar-refractivity contribution < 1.29 is 9.59 Å². The second kappa shape index (κ2) is 8.30. The van der Waals surface area contributed by atoms with E-state index in [0.717, 1.165) is 5.56 Å². The van der Waals surface area contributed by atoms with Crippen LogP contribution in [-0.2, 0) is 10.5 Å². The number of nitrogens with one attached hydrogen (secondary N) is 3. The number of anilines is 2. The van der Waals surface area contributed by atoms with Crippen LogP contribution in [0.15, 0.2) is 60.0 Å². The lowest BCUT2D eigenvalue weighted by Gasteiger charge is -2.10. The molecule has 0 radical (unpaired) electrons. The first-order valence-electron chi connectivity index (χ1n) is 7.87. The third kappa shape index (κ3) is 4.70. The molecule has 1 heterocycles. The third-order valence-corrected chi connectivity index (χ3v) is 4.41. The molecule has 1 aromatic heterocycles. The van der Waals surface area contributed by atoms with E-state index in [4.69, 9.17) is 0 Å². The average molecular weight is 367 g/mol. The molecule has 0 bridgehead atoms. The fraction of sp³-hybridized carbons (Fsp3) is 0.111. The Kier molecular flexibility index (Phi) is 5.65. The van der Waals surface area contributed by atoms with E-state index in [2.05, 4.69) is 25.8 Å². The molecule has 2 amide bonds. The van der Waals surface area contributed by atoms with Gasteiger partial charge in [-0.3, -0.25) is 14.7 Å². The highest BCUT2D eigenvalue weighted by Gasteiger charge is 2.12. The van der Waals surface area contributed by atoms with Gasteiger partial charge in [0.05, 0.1) is 0 Å². The number of hydrogen-bond donors (Lipinski definition) is 3. The smallest absolute Gasteiger partial charge is 0.255 e. The molecule has 0 atom stereocenters. The minimum atomic E-state index is -0.189. The maximum Gasteiger partial charge on any atom is 0.255 e. The molecule has 7 nitrogen and oxygen atoms in total. The number of rotatable bonds is 6. The van der Waals surface area contributed by atoms with E-state index in [1.54, 1.807) is 30.3 Å². The molecule has 0 aliphatic rings. The number of H-pyrrole nitrogens is 1. The van der Waals surface area contributed by atoms with Crippen molar-refractivity contribution in [3.05, 3.63) is 66.0 Å². The lowest BCUT2D eigenvalue weighted by molar-refractivity contribution is -0.114. The fourth-order valence-electron chi connectivity index (χ4n) is 2.32. The number of aromatic nitrogens is 3. The Morgan fingerprint density at radius 1 is 1.04 bits per heavy atom. The number of nitrogens with zero attached hydrogens (tertiary/aromatic N) is 2. The van der Waals surface area contributed by atoms with Crippen molar-refractivity contribution in [2.45, 2.75) is 17.8 Å². The van der Waals surface area contributed by atoms with Gasteiger partial charge in [0, 0.05) is 29.6 Å². The summed E-state index contributed by atoms with van der Waals surface area (Å²) < 4.78 is 0. The molecule has 8 heteroatoms. The quantitative estimate of drug-likeness (QED) is 0.581. The van der Waals surface area contributed by atoms with Gasteiger partial charge in [0.1, 0.15) is 6.33 Å². The van der Waals surface area contributed by atoms with Crippen LogP contribution in [0.4, 0.5) is 11.4 Å². The molecule has 3 N–H and O–H groups in total. The van der Waals surface area contributed by atoms with E-state index in [1.165, 1.54) is 25.0 Å². The number of benzene rings is 2. The van der Waals surface area contributed by atoms with Gasteiger partial charge in [-0.15, -0.1) is 0 Å². The summed E-state index contributed by atoms with van der Waals surface area (Å²) in [4.78, 5) is 27.8. The molecule has 132 valence electrons.